The van der Waals surface area contributed by atoms with Gasteiger partial charge in [0.2, 0.25) is 11.8 Å². The zero-order valence-corrected chi connectivity index (χ0v) is 11.8. The summed E-state index contributed by atoms with van der Waals surface area (Å²) in [7, 11) is 3.20. The number of hydrogen-bond donors (Lipinski definition) is 0. The molecule has 5 nitrogen and oxygen atoms in total. The molecule has 19 heavy (non-hydrogen) atoms. The first-order chi connectivity index (χ1) is 9.13. The van der Waals surface area contributed by atoms with Gasteiger partial charge in [0.25, 0.3) is 0 Å². The lowest BCUT2D eigenvalue weighted by Gasteiger charge is -2.08. The van der Waals surface area contributed by atoms with Crippen LogP contribution in [0.25, 0.3) is 0 Å². The summed E-state index contributed by atoms with van der Waals surface area (Å²) in [6, 6.07) is 5.65. The van der Waals surface area contributed by atoms with Gasteiger partial charge in [-0.2, -0.15) is 0 Å². The molecule has 0 aliphatic rings. The van der Waals surface area contributed by atoms with E-state index in [-0.39, 0.29) is 5.38 Å². The summed E-state index contributed by atoms with van der Waals surface area (Å²) >= 11 is 5.87. The van der Waals surface area contributed by atoms with E-state index in [4.69, 9.17) is 25.5 Å². The van der Waals surface area contributed by atoms with Crippen LogP contribution in [0.3, 0.4) is 0 Å². The van der Waals surface area contributed by atoms with Gasteiger partial charge >= 0.3 is 0 Å². The van der Waals surface area contributed by atoms with E-state index in [0.29, 0.717) is 29.7 Å². The Hall–Kier alpha value is -1.75. The van der Waals surface area contributed by atoms with E-state index in [9.17, 15) is 0 Å². The zero-order valence-electron chi connectivity index (χ0n) is 11.0. The molecule has 1 atom stereocenters. The van der Waals surface area contributed by atoms with Crippen LogP contribution >= 0.6 is 11.6 Å². The minimum Gasteiger partial charge on any atom is -0.493 e. The van der Waals surface area contributed by atoms with E-state index in [1.165, 1.54) is 0 Å². The molecule has 0 aliphatic carbocycles. The van der Waals surface area contributed by atoms with Crippen molar-refractivity contribution in [3.63, 3.8) is 0 Å². The maximum atomic E-state index is 5.87. The van der Waals surface area contributed by atoms with Gasteiger partial charge in [0, 0.05) is 0 Å². The molecule has 0 N–H and O–H groups in total. The van der Waals surface area contributed by atoms with Gasteiger partial charge in [0.05, 0.1) is 20.6 Å². The van der Waals surface area contributed by atoms with Crippen molar-refractivity contribution in [3.8, 4) is 11.5 Å². The number of rotatable bonds is 5. The minimum atomic E-state index is -0.286. The summed E-state index contributed by atoms with van der Waals surface area (Å²) in [5.74, 6) is 2.31. The second kappa shape index (κ2) is 5.93. The highest BCUT2D eigenvalue weighted by molar-refractivity contribution is 6.20. The number of alkyl halides is 1. The van der Waals surface area contributed by atoms with Gasteiger partial charge in [-0.3, -0.25) is 0 Å². The monoisotopic (exact) mass is 282 g/mol. The SMILES string of the molecule is COc1ccc(Cc2nnc(C(C)Cl)o2)cc1OC. The highest BCUT2D eigenvalue weighted by atomic mass is 35.5. The van der Waals surface area contributed by atoms with Crippen molar-refractivity contribution in [1.29, 1.82) is 0 Å². The first-order valence-corrected chi connectivity index (χ1v) is 6.25. The zero-order chi connectivity index (χ0) is 13.8. The van der Waals surface area contributed by atoms with Crippen molar-refractivity contribution >= 4 is 11.6 Å². The van der Waals surface area contributed by atoms with Crippen LogP contribution in [0, 0.1) is 0 Å². The molecule has 0 fully saturated rings. The van der Waals surface area contributed by atoms with E-state index in [0.717, 1.165) is 5.56 Å². The fourth-order valence-corrected chi connectivity index (χ4v) is 1.75. The van der Waals surface area contributed by atoms with Gasteiger partial charge in [-0.1, -0.05) is 6.07 Å². The fraction of sp³-hybridized carbons (Fsp3) is 0.385. The molecule has 1 heterocycles. The lowest BCUT2D eigenvalue weighted by atomic mass is 10.1. The third-order valence-electron chi connectivity index (χ3n) is 2.63. The average molecular weight is 283 g/mol. The maximum Gasteiger partial charge on any atom is 0.234 e. The predicted octanol–water partition coefficient (Wildman–Crippen LogP) is 2.98. The molecule has 0 saturated heterocycles. The summed E-state index contributed by atoms with van der Waals surface area (Å²) in [6.45, 7) is 1.79. The largest absolute Gasteiger partial charge is 0.493 e. The normalized spacial score (nSPS) is 12.2. The molecular weight excluding hydrogens is 268 g/mol. The van der Waals surface area contributed by atoms with Gasteiger partial charge in [-0.15, -0.1) is 21.8 Å². The number of hydrogen-bond acceptors (Lipinski definition) is 5. The lowest BCUT2D eigenvalue weighted by Crippen LogP contribution is -1.94. The number of nitrogens with zero attached hydrogens (tertiary/aromatic N) is 2. The molecule has 1 unspecified atom stereocenters. The maximum absolute atomic E-state index is 5.87. The van der Waals surface area contributed by atoms with Crippen LogP contribution in [0.2, 0.25) is 0 Å². The van der Waals surface area contributed by atoms with E-state index < -0.39 is 0 Å². The number of benzene rings is 1. The Labute approximate surface area is 116 Å². The van der Waals surface area contributed by atoms with Crippen LogP contribution in [-0.4, -0.2) is 24.4 Å². The number of halogens is 1. The molecule has 2 rings (SSSR count). The summed E-state index contributed by atoms with van der Waals surface area (Å²) in [6.07, 6.45) is 0.525. The van der Waals surface area contributed by atoms with Gasteiger partial charge < -0.3 is 13.9 Å². The summed E-state index contributed by atoms with van der Waals surface area (Å²) in [5.41, 5.74) is 0.995. The predicted molar refractivity (Wildman–Crippen MR) is 70.9 cm³/mol. The summed E-state index contributed by atoms with van der Waals surface area (Å²) < 4.78 is 15.9. The molecule has 2 aromatic rings. The first kappa shape index (κ1) is 13.7. The molecule has 102 valence electrons. The average Bonchev–Trinajstić information content (AvgIpc) is 2.87. The van der Waals surface area contributed by atoms with Crippen LogP contribution in [-0.2, 0) is 6.42 Å². The third kappa shape index (κ3) is 3.17. The van der Waals surface area contributed by atoms with E-state index in [1.54, 1.807) is 21.1 Å². The first-order valence-electron chi connectivity index (χ1n) is 5.81. The van der Waals surface area contributed by atoms with Crippen LogP contribution < -0.4 is 9.47 Å². The van der Waals surface area contributed by atoms with Gasteiger partial charge in [0.1, 0.15) is 5.38 Å². The summed E-state index contributed by atoms with van der Waals surface area (Å²) in [4.78, 5) is 0. The Kier molecular flexibility index (Phi) is 4.27. The smallest absolute Gasteiger partial charge is 0.234 e. The van der Waals surface area contributed by atoms with Crippen LogP contribution in [0.5, 0.6) is 11.5 Å². The molecule has 0 saturated carbocycles. The van der Waals surface area contributed by atoms with Crippen molar-refractivity contribution < 1.29 is 13.9 Å². The quantitative estimate of drug-likeness (QED) is 0.789. The Morgan fingerprint density at radius 1 is 1.21 bits per heavy atom. The highest BCUT2D eigenvalue weighted by Gasteiger charge is 2.12. The molecule has 0 spiro atoms. The van der Waals surface area contributed by atoms with Crippen molar-refractivity contribution in [3.05, 3.63) is 35.5 Å². The Balaban J connectivity index is 2.18. The van der Waals surface area contributed by atoms with Crippen molar-refractivity contribution in [2.45, 2.75) is 18.7 Å². The fourth-order valence-electron chi connectivity index (χ4n) is 1.66. The molecule has 0 radical (unpaired) electrons. The van der Waals surface area contributed by atoms with Crippen molar-refractivity contribution in [2.24, 2.45) is 0 Å². The number of aromatic nitrogens is 2. The topological polar surface area (TPSA) is 57.4 Å². The third-order valence-corrected chi connectivity index (χ3v) is 2.81. The van der Waals surface area contributed by atoms with Crippen LogP contribution in [0.15, 0.2) is 22.6 Å². The van der Waals surface area contributed by atoms with Gasteiger partial charge in [-0.25, -0.2) is 0 Å². The molecule has 1 aromatic carbocycles. The Morgan fingerprint density at radius 3 is 2.53 bits per heavy atom. The second-order valence-corrected chi connectivity index (χ2v) is 4.67. The van der Waals surface area contributed by atoms with Crippen molar-refractivity contribution in [2.75, 3.05) is 14.2 Å². The Bertz CT molecular complexity index is 555. The molecular formula is C13H15ClN2O3. The van der Waals surface area contributed by atoms with Crippen LogP contribution in [0.1, 0.15) is 29.6 Å². The molecule has 0 bridgehead atoms. The summed E-state index contributed by atoms with van der Waals surface area (Å²) in [5, 5.41) is 7.56. The lowest BCUT2D eigenvalue weighted by molar-refractivity contribution is 0.354. The molecule has 0 aliphatic heterocycles. The molecule has 0 amide bonds. The Morgan fingerprint density at radius 2 is 1.95 bits per heavy atom. The van der Waals surface area contributed by atoms with E-state index >= 15 is 0 Å². The number of ether oxygens (including phenoxy) is 2. The number of methoxy groups -OCH3 is 2. The molecule has 6 heteroatoms. The highest BCUT2D eigenvalue weighted by Crippen LogP contribution is 2.28. The minimum absolute atomic E-state index is 0.286. The molecule has 1 aromatic heterocycles. The standard InChI is InChI=1S/C13H15ClN2O3/c1-8(14)13-16-15-12(19-13)7-9-4-5-10(17-2)11(6-9)18-3/h4-6,8H,7H2,1-3H3. The van der Waals surface area contributed by atoms with Gasteiger partial charge in [0.15, 0.2) is 11.5 Å². The van der Waals surface area contributed by atoms with Gasteiger partial charge in [-0.05, 0) is 24.6 Å². The van der Waals surface area contributed by atoms with E-state index in [2.05, 4.69) is 10.2 Å². The second-order valence-electron chi connectivity index (χ2n) is 4.02. The van der Waals surface area contributed by atoms with Crippen molar-refractivity contribution in [1.82, 2.24) is 10.2 Å². The van der Waals surface area contributed by atoms with Crippen LogP contribution in [0.4, 0.5) is 0 Å². The van der Waals surface area contributed by atoms with E-state index in [1.807, 2.05) is 18.2 Å².